The van der Waals surface area contributed by atoms with Crippen molar-refractivity contribution < 1.29 is 0 Å². The van der Waals surface area contributed by atoms with E-state index in [0.29, 0.717) is 0 Å². The number of unbranched alkanes of at least 4 members (excludes halogenated alkanes) is 22. The first-order valence-corrected chi connectivity index (χ1v) is 15.6. The second kappa shape index (κ2) is 29.0. The molecule has 0 saturated heterocycles. The number of rotatable bonds is 28. The summed E-state index contributed by atoms with van der Waals surface area (Å²) in [7, 11) is 0. The summed E-state index contributed by atoms with van der Waals surface area (Å²) in [5.41, 5.74) is 0. The average Bonchev–Trinajstić information content (AvgIpc) is 2.80. The summed E-state index contributed by atoms with van der Waals surface area (Å²) in [6.07, 6.45) is 40.6. The van der Waals surface area contributed by atoms with Crippen molar-refractivity contribution in [3.8, 4) is 0 Å². The predicted molar refractivity (Wildman–Crippen MR) is 149 cm³/mol. The first kappa shape index (κ1) is 32.0. The molecule has 193 valence electrons. The van der Waals surface area contributed by atoms with Crippen LogP contribution in [0.15, 0.2) is 0 Å². The number of hydrogen-bond acceptors (Lipinski definition) is 0. The summed E-state index contributed by atoms with van der Waals surface area (Å²) in [5, 5.41) is 0. The molecule has 1 radical (unpaired) electrons. The first-order valence-electron chi connectivity index (χ1n) is 15.6. The molecule has 0 fully saturated rings. The zero-order valence-electron chi connectivity index (χ0n) is 23.1. The molecule has 1 unspecified atom stereocenters. The molecule has 0 amide bonds. The third-order valence-electron chi connectivity index (χ3n) is 7.54. The molecule has 0 spiro atoms. The molecule has 0 aliphatic carbocycles. The summed E-state index contributed by atoms with van der Waals surface area (Å²) in [5.74, 6) is 0.971. The maximum atomic E-state index is 4.14. The largest absolute Gasteiger partial charge is 0.0654 e. The smallest absolute Gasteiger partial charge is 0.0414 e. The van der Waals surface area contributed by atoms with E-state index in [1.54, 1.807) is 0 Å². The molecule has 0 bridgehead atoms. The molecular formula is C32H65. The van der Waals surface area contributed by atoms with Gasteiger partial charge in [0, 0.05) is 0 Å². The summed E-state index contributed by atoms with van der Waals surface area (Å²) in [4.78, 5) is 0. The van der Waals surface area contributed by atoms with Crippen LogP contribution in [0, 0.1) is 12.8 Å². The highest BCUT2D eigenvalue weighted by Gasteiger charge is 2.07. The van der Waals surface area contributed by atoms with Gasteiger partial charge in [-0.05, 0) is 5.92 Å². The summed E-state index contributed by atoms with van der Waals surface area (Å²) >= 11 is 0. The van der Waals surface area contributed by atoms with Crippen LogP contribution in [0.2, 0.25) is 0 Å². The monoisotopic (exact) mass is 450 g/mol. The van der Waals surface area contributed by atoms with Gasteiger partial charge in [-0.3, -0.25) is 0 Å². The zero-order chi connectivity index (χ0) is 23.4. The molecule has 0 saturated carbocycles. The quantitative estimate of drug-likeness (QED) is 0.104. The zero-order valence-corrected chi connectivity index (χ0v) is 23.1. The Labute approximate surface area is 206 Å². The van der Waals surface area contributed by atoms with Crippen molar-refractivity contribution in [2.75, 3.05) is 0 Å². The van der Waals surface area contributed by atoms with E-state index in [2.05, 4.69) is 20.8 Å². The van der Waals surface area contributed by atoms with Gasteiger partial charge in [0.25, 0.3) is 0 Å². The molecule has 0 aromatic carbocycles. The molecule has 0 heterocycles. The van der Waals surface area contributed by atoms with Crippen LogP contribution in [0.3, 0.4) is 0 Å². The van der Waals surface area contributed by atoms with Gasteiger partial charge in [0.2, 0.25) is 0 Å². The van der Waals surface area contributed by atoms with Crippen LogP contribution < -0.4 is 0 Å². The van der Waals surface area contributed by atoms with Crippen LogP contribution in [0.25, 0.3) is 0 Å². The van der Waals surface area contributed by atoms with Gasteiger partial charge < -0.3 is 0 Å². The lowest BCUT2D eigenvalue weighted by Gasteiger charge is -2.16. The third-order valence-corrected chi connectivity index (χ3v) is 7.54. The SMILES string of the molecule is [CH2]CCC(CCCCCCCCCCCC)CCCCCCCCCCCCCCCC. The van der Waals surface area contributed by atoms with E-state index in [0.717, 1.165) is 12.3 Å². The van der Waals surface area contributed by atoms with Crippen LogP contribution in [0.4, 0.5) is 0 Å². The predicted octanol–water partition coefficient (Wildman–Crippen LogP) is 12.4. The Morgan fingerprint density at radius 2 is 0.594 bits per heavy atom. The fraction of sp³-hybridized carbons (Fsp3) is 0.969. The van der Waals surface area contributed by atoms with Crippen LogP contribution in [-0.2, 0) is 0 Å². The number of hydrogen-bond donors (Lipinski definition) is 0. The third kappa shape index (κ3) is 26.3. The van der Waals surface area contributed by atoms with Gasteiger partial charge in [0.1, 0.15) is 0 Å². The van der Waals surface area contributed by atoms with Crippen LogP contribution in [-0.4, -0.2) is 0 Å². The van der Waals surface area contributed by atoms with Gasteiger partial charge in [-0.2, -0.15) is 0 Å². The first-order chi connectivity index (χ1) is 15.8. The average molecular weight is 450 g/mol. The molecule has 0 rings (SSSR count). The standard InChI is InChI=1S/C32H65/c1-4-7-9-11-13-15-17-18-19-20-22-24-26-28-31-32(29-6-3)30-27-25-23-21-16-14-12-10-8-5-2/h32H,3-31H2,1-2H3. The van der Waals surface area contributed by atoms with E-state index >= 15 is 0 Å². The molecule has 0 N–H and O–H groups in total. The van der Waals surface area contributed by atoms with Crippen molar-refractivity contribution >= 4 is 0 Å². The van der Waals surface area contributed by atoms with Crippen molar-refractivity contribution in [1.82, 2.24) is 0 Å². The molecule has 0 aliphatic heterocycles. The molecular weight excluding hydrogens is 384 g/mol. The maximum absolute atomic E-state index is 4.14. The lowest BCUT2D eigenvalue weighted by atomic mass is 9.90. The Balaban J connectivity index is 3.37. The van der Waals surface area contributed by atoms with Gasteiger partial charge in [-0.25, -0.2) is 0 Å². The van der Waals surface area contributed by atoms with Crippen LogP contribution >= 0.6 is 0 Å². The van der Waals surface area contributed by atoms with Gasteiger partial charge in [-0.1, -0.05) is 201 Å². The van der Waals surface area contributed by atoms with Gasteiger partial charge in [0.05, 0.1) is 0 Å². The van der Waals surface area contributed by atoms with Gasteiger partial charge in [0.15, 0.2) is 0 Å². The topological polar surface area (TPSA) is 0 Å². The van der Waals surface area contributed by atoms with E-state index in [1.807, 2.05) is 0 Å². The summed E-state index contributed by atoms with van der Waals surface area (Å²) in [6.45, 7) is 8.76. The lowest BCUT2D eigenvalue weighted by Crippen LogP contribution is -2.00. The molecule has 1 atom stereocenters. The molecule has 0 nitrogen and oxygen atoms in total. The Hall–Kier alpha value is 0. The molecule has 0 heteroatoms. The molecule has 0 aromatic rings. The van der Waals surface area contributed by atoms with Crippen molar-refractivity contribution in [1.29, 1.82) is 0 Å². The minimum Gasteiger partial charge on any atom is -0.0654 e. The molecule has 0 aromatic heterocycles. The van der Waals surface area contributed by atoms with E-state index < -0.39 is 0 Å². The lowest BCUT2D eigenvalue weighted by molar-refractivity contribution is 0.381. The summed E-state index contributed by atoms with van der Waals surface area (Å²) < 4.78 is 0. The van der Waals surface area contributed by atoms with Crippen molar-refractivity contribution in [3.05, 3.63) is 6.92 Å². The van der Waals surface area contributed by atoms with Crippen LogP contribution in [0.5, 0.6) is 0 Å². The Bertz CT molecular complexity index is 307. The maximum Gasteiger partial charge on any atom is -0.0414 e. The Morgan fingerprint density at radius 1 is 0.344 bits per heavy atom. The van der Waals surface area contributed by atoms with Crippen molar-refractivity contribution in [2.45, 2.75) is 194 Å². The summed E-state index contributed by atoms with van der Waals surface area (Å²) in [6, 6.07) is 0. The molecule has 0 aliphatic rings. The van der Waals surface area contributed by atoms with Crippen molar-refractivity contribution in [2.24, 2.45) is 5.92 Å². The minimum atomic E-state index is 0.971. The van der Waals surface area contributed by atoms with Gasteiger partial charge in [-0.15, -0.1) is 0 Å². The van der Waals surface area contributed by atoms with E-state index in [4.69, 9.17) is 0 Å². The normalized spacial score (nSPS) is 12.5. The minimum absolute atomic E-state index is 0.971. The van der Waals surface area contributed by atoms with E-state index in [1.165, 1.54) is 173 Å². The van der Waals surface area contributed by atoms with E-state index in [9.17, 15) is 0 Å². The molecule has 32 heavy (non-hydrogen) atoms. The second-order valence-electron chi connectivity index (χ2n) is 10.9. The highest BCUT2D eigenvalue weighted by atomic mass is 14.1. The van der Waals surface area contributed by atoms with Crippen molar-refractivity contribution in [3.63, 3.8) is 0 Å². The highest BCUT2D eigenvalue weighted by Crippen LogP contribution is 2.23. The second-order valence-corrected chi connectivity index (χ2v) is 10.9. The van der Waals surface area contributed by atoms with E-state index in [-0.39, 0.29) is 0 Å². The van der Waals surface area contributed by atoms with Gasteiger partial charge >= 0.3 is 0 Å². The fourth-order valence-electron chi connectivity index (χ4n) is 5.27. The Kier molecular flexibility index (Phi) is 29.0. The van der Waals surface area contributed by atoms with Crippen LogP contribution in [0.1, 0.15) is 194 Å². The Morgan fingerprint density at radius 3 is 0.844 bits per heavy atom. The highest BCUT2D eigenvalue weighted by molar-refractivity contribution is 4.62. The fourth-order valence-corrected chi connectivity index (χ4v) is 5.27.